The van der Waals surface area contributed by atoms with Gasteiger partial charge in [-0.25, -0.2) is 4.79 Å². The number of likely N-dealkylation sites (tertiary alicyclic amines) is 1. The third-order valence-electron chi connectivity index (χ3n) is 4.66. The van der Waals surface area contributed by atoms with Crippen molar-refractivity contribution >= 4 is 17.7 Å². The van der Waals surface area contributed by atoms with Crippen LogP contribution < -0.4 is 0 Å². The molecule has 1 N–H and O–H groups in total. The number of rotatable bonds is 4. The summed E-state index contributed by atoms with van der Waals surface area (Å²) in [6, 6.07) is 16.9. The second kappa shape index (κ2) is 8.37. The Labute approximate surface area is 153 Å². The van der Waals surface area contributed by atoms with Crippen LogP contribution >= 0.6 is 11.6 Å². The molecule has 0 aliphatic carbocycles. The van der Waals surface area contributed by atoms with Crippen molar-refractivity contribution in [2.75, 3.05) is 13.1 Å². The largest absolute Gasteiger partial charge is 0.445 e. The van der Waals surface area contributed by atoms with E-state index in [0.29, 0.717) is 18.1 Å². The van der Waals surface area contributed by atoms with Gasteiger partial charge in [-0.3, -0.25) is 0 Å². The molecule has 2 aromatic carbocycles. The van der Waals surface area contributed by atoms with E-state index < -0.39 is 6.10 Å². The Bertz CT molecular complexity index is 682. The lowest BCUT2D eigenvalue weighted by atomic mass is 9.87. The molecule has 1 saturated heterocycles. The van der Waals surface area contributed by atoms with E-state index in [2.05, 4.69) is 0 Å². The van der Waals surface area contributed by atoms with Crippen LogP contribution in [0.5, 0.6) is 0 Å². The van der Waals surface area contributed by atoms with Gasteiger partial charge in [-0.2, -0.15) is 0 Å². The Hall–Kier alpha value is -2.04. The van der Waals surface area contributed by atoms with Gasteiger partial charge in [0.05, 0.1) is 6.10 Å². The summed E-state index contributed by atoms with van der Waals surface area (Å²) >= 11 is 5.89. The van der Waals surface area contributed by atoms with Gasteiger partial charge in [0, 0.05) is 18.1 Å². The van der Waals surface area contributed by atoms with E-state index in [1.54, 1.807) is 17.0 Å². The summed E-state index contributed by atoms with van der Waals surface area (Å²) in [5.74, 6) is 0.138. The quantitative estimate of drug-likeness (QED) is 0.878. The number of carbonyl (C=O) groups excluding carboxylic acids is 1. The first kappa shape index (κ1) is 17.8. The average Bonchev–Trinajstić information content (AvgIpc) is 2.67. The molecule has 1 amide bonds. The minimum absolute atomic E-state index is 0.138. The Balaban J connectivity index is 1.47. The number of amides is 1. The first-order chi connectivity index (χ1) is 12.1. The first-order valence-electron chi connectivity index (χ1n) is 8.52. The second-order valence-electron chi connectivity index (χ2n) is 6.36. The van der Waals surface area contributed by atoms with Crippen molar-refractivity contribution < 1.29 is 14.6 Å². The lowest BCUT2D eigenvalue weighted by Gasteiger charge is -2.33. The average molecular weight is 360 g/mol. The highest BCUT2D eigenvalue weighted by Gasteiger charge is 2.28. The van der Waals surface area contributed by atoms with E-state index in [9.17, 15) is 9.90 Å². The van der Waals surface area contributed by atoms with Gasteiger partial charge in [-0.15, -0.1) is 0 Å². The molecule has 0 aromatic heterocycles. The van der Waals surface area contributed by atoms with E-state index in [-0.39, 0.29) is 18.6 Å². The monoisotopic (exact) mass is 359 g/mol. The maximum atomic E-state index is 12.2. The van der Waals surface area contributed by atoms with Gasteiger partial charge in [0.2, 0.25) is 0 Å². The zero-order valence-corrected chi connectivity index (χ0v) is 14.7. The first-order valence-corrected chi connectivity index (χ1v) is 8.90. The molecule has 1 aliphatic heterocycles. The van der Waals surface area contributed by atoms with Crippen molar-refractivity contribution in [3.63, 3.8) is 0 Å². The number of halogens is 1. The van der Waals surface area contributed by atoms with Gasteiger partial charge in [0.15, 0.2) is 0 Å². The van der Waals surface area contributed by atoms with E-state index in [1.165, 1.54) is 0 Å². The summed E-state index contributed by atoms with van der Waals surface area (Å²) in [4.78, 5) is 13.9. The SMILES string of the molecule is O=C(OCc1ccccc1)N1CCC(C(O)c2ccc(Cl)cc2)CC1. The van der Waals surface area contributed by atoms with Crippen LogP contribution in [0.3, 0.4) is 0 Å². The third-order valence-corrected chi connectivity index (χ3v) is 4.91. The molecule has 1 heterocycles. The van der Waals surface area contributed by atoms with Gasteiger partial charge < -0.3 is 14.7 Å². The number of aliphatic hydroxyl groups excluding tert-OH is 1. The van der Waals surface area contributed by atoms with E-state index in [1.807, 2.05) is 42.5 Å². The van der Waals surface area contributed by atoms with E-state index in [0.717, 1.165) is 24.0 Å². The van der Waals surface area contributed by atoms with Crippen LogP contribution in [-0.4, -0.2) is 29.2 Å². The molecule has 4 nitrogen and oxygen atoms in total. The van der Waals surface area contributed by atoms with Crippen LogP contribution in [0.4, 0.5) is 4.79 Å². The van der Waals surface area contributed by atoms with E-state index in [4.69, 9.17) is 16.3 Å². The summed E-state index contributed by atoms with van der Waals surface area (Å²) in [6.45, 7) is 1.49. The van der Waals surface area contributed by atoms with Gasteiger partial charge in [-0.1, -0.05) is 54.1 Å². The molecule has 1 fully saturated rings. The standard InChI is InChI=1S/C20H22ClNO3/c21-18-8-6-16(7-9-18)19(23)17-10-12-22(13-11-17)20(24)25-14-15-4-2-1-3-5-15/h1-9,17,19,23H,10-14H2. The van der Waals surface area contributed by atoms with Crippen LogP contribution in [0.2, 0.25) is 5.02 Å². The minimum atomic E-state index is -0.528. The predicted molar refractivity (Wildman–Crippen MR) is 97.3 cm³/mol. The topological polar surface area (TPSA) is 49.8 Å². The Morgan fingerprint density at radius 3 is 2.40 bits per heavy atom. The minimum Gasteiger partial charge on any atom is -0.445 e. The highest BCUT2D eigenvalue weighted by atomic mass is 35.5. The van der Waals surface area contributed by atoms with Gasteiger partial charge in [0.25, 0.3) is 0 Å². The number of piperidine rings is 1. The molecule has 1 atom stereocenters. The van der Waals surface area contributed by atoms with Gasteiger partial charge in [0.1, 0.15) is 6.61 Å². The maximum absolute atomic E-state index is 12.2. The second-order valence-corrected chi connectivity index (χ2v) is 6.80. The molecular weight excluding hydrogens is 338 g/mol. The van der Waals surface area contributed by atoms with E-state index >= 15 is 0 Å². The number of carbonyl (C=O) groups is 1. The number of nitrogens with zero attached hydrogens (tertiary/aromatic N) is 1. The molecule has 0 radical (unpaired) electrons. The number of hydrogen-bond donors (Lipinski definition) is 1. The summed E-state index contributed by atoms with van der Waals surface area (Å²) < 4.78 is 5.37. The normalized spacial score (nSPS) is 16.5. The van der Waals surface area contributed by atoms with Crippen LogP contribution in [0, 0.1) is 5.92 Å². The van der Waals surface area contributed by atoms with Crippen molar-refractivity contribution in [2.24, 2.45) is 5.92 Å². The molecule has 2 aromatic rings. The van der Waals surface area contributed by atoms with Gasteiger partial charge >= 0.3 is 6.09 Å². The highest BCUT2D eigenvalue weighted by molar-refractivity contribution is 6.30. The van der Waals surface area contributed by atoms with Gasteiger partial charge in [-0.05, 0) is 42.0 Å². The van der Waals surface area contributed by atoms with Crippen LogP contribution in [-0.2, 0) is 11.3 Å². The number of aliphatic hydroxyl groups is 1. The molecular formula is C20H22ClNO3. The Morgan fingerprint density at radius 2 is 1.76 bits per heavy atom. The molecule has 1 aliphatic rings. The third kappa shape index (κ3) is 4.74. The lowest BCUT2D eigenvalue weighted by molar-refractivity contribution is 0.0450. The summed E-state index contributed by atoms with van der Waals surface area (Å²) in [7, 11) is 0. The van der Waals surface area contributed by atoms with Crippen molar-refractivity contribution in [2.45, 2.75) is 25.6 Å². The fraction of sp³-hybridized carbons (Fsp3) is 0.350. The van der Waals surface area contributed by atoms with Crippen molar-refractivity contribution in [1.82, 2.24) is 4.90 Å². The molecule has 3 rings (SSSR count). The molecule has 132 valence electrons. The van der Waals surface area contributed by atoms with Crippen molar-refractivity contribution in [3.05, 3.63) is 70.7 Å². The van der Waals surface area contributed by atoms with Crippen molar-refractivity contribution in [3.8, 4) is 0 Å². The zero-order chi connectivity index (χ0) is 17.6. The van der Waals surface area contributed by atoms with Crippen LogP contribution in [0.1, 0.15) is 30.1 Å². The maximum Gasteiger partial charge on any atom is 0.410 e. The zero-order valence-electron chi connectivity index (χ0n) is 14.0. The summed E-state index contributed by atoms with van der Waals surface area (Å²) in [6.07, 6.45) is 0.692. The number of ether oxygens (including phenoxy) is 1. The molecule has 0 bridgehead atoms. The molecule has 0 spiro atoms. The fourth-order valence-corrected chi connectivity index (χ4v) is 3.27. The number of benzene rings is 2. The fourth-order valence-electron chi connectivity index (χ4n) is 3.14. The Kier molecular flexibility index (Phi) is 5.95. The van der Waals surface area contributed by atoms with Crippen LogP contribution in [0.25, 0.3) is 0 Å². The Morgan fingerprint density at radius 1 is 1.12 bits per heavy atom. The lowest BCUT2D eigenvalue weighted by Crippen LogP contribution is -2.40. The van der Waals surface area contributed by atoms with Crippen LogP contribution in [0.15, 0.2) is 54.6 Å². The molecule has 1 unspecified atom stereocenters. The summed E-state index contributed by atoms with van der Waals surface area (Å²) in [5, 5.41) is 11.2. The highest BCUT2D eigenvalue weighted by Crippen LogP contribution is 2.31. The smallest absolute Gasteiger partial charge is 0.410 e. The number of hydrogen-bond acceptors (Lipinski definition) is 3. The molecule has 0 saturated carbocycles. The van der Waals surface area contributed by atoms with Crippen molar-refractivity contribution in [1.29, 1.82) is 0 Å². The predicted octanol–water partition coefficient (Wildman–Crippen LogP) is 4.42. The molecule has 5 heteroatoms. The molecule has 25 heavy (non-hydrogen) atoms. The summed E-state index contributed by atoms with van der Waals surface area (Å²) in [5.41, 5.74) is 1.85.